The second-order valence-electron chi connectivity index (χ2n) is 43.8. The van der Waals surface area contributed by atoms with Gasteiger partial charge in [-0.15, -0.1) is 0 Å². The van der Waals surface area contributed by atoms with Gasteiger partial charge in [0.1, 0.15) is 16.6 Å². The van der Waals surface area contributed by atoms with Crippen LogP contribution in [0.25, 0.3) is 0 Å². The van der Waals surface area contributed by atoms with Crippen LogP contribution >= 0.6 is 0 Å². The van der Waals surface area contributed by atoms with Gasteiger partial charge >= 0.3 is 0 Å². The molecule has 0 aliphatic carbocycles. The molecule has 0 fully saturated rings. The Morgan fingerprint density at radius 1 is 0.0960 bits per heavy atom. The Balaban J connectivity index is 0. The molecule has 0 saturated heterocycles. The Morgan fingerprint density at radius 2 is 0.168 bits per heavy atom. The standard InChI is InChI=1S/C123H250N.BrH/c1-11-21-31-41-51-61-71-81-91-101-111-121(112-102-92-82-72-62-52-42-32-22-12-2,113-103-93-83-73-63-53-43-33-23-13-3)124(120-110-100-90-80-70-60-50-40-30-20-10,122(114-104-94-84-74-64-54-44-34-24-14-4,115-105-95-85-75-65-55-45-35-25-15-5)116-106-96-86-76-66-56-46-36-26-16-6)123(117-107-97-87-77-67-57-47-37-27-17-7,118-108-98-88-78-68-58-48-38-28-18-8)119-109-99-89-79-69-59-49-39-29-19-9;/h11-120H2,1-10H3;1H/q+1;/p-1. The van der Waals surface area contributed by atoms with Crippen molar-refractivity contribution >= 4 is 0 Å². The molecule has 0 atom stereocenters. The monoisotopic (exact) mass is 1820 g/mol. The predicted octanol–water partition coefficient (Wildman–Crippen LogP) is 43.7. The summed E-state index contributed by atoms with van der Waals surface area (Å²) in [5.74, 6) is 0. The first-order chi connectivity index (χ1) is 61.4. The van der Waals surface area contributed by atoms with Crippen molar-refractivity contribution in [1.29, 1.82) is 0 Å². The third-order valence-electron chi connectivity index (χ3n) is 32.2. The fourth-order valence-electron chi connectivity index (χ4n) is 24.4. The lowest BCUT2D eigenvalue weighted by Crippen LogP contribution is -3.00. The molecule has 0 aromatic rings. The van der Waals surface area contributed by atoms with Crippen molar-refractivity contribution in [3.8, 4) is 0 Å². The van der Waals surface area contributed by atoms with Gasteiger partial charge in [-0.05, 0) is 70.6 Å². The van der Waals surface area contributed by atoms with Crippen LogP contribution in [0.2, 0.25) is 0 Å². The highest BCUT2D eigenvalue weighted by Crippen LogP contribution is 2.61. The number of quaternary nitrogens is 1. The molecule has 0 bridgehead atoms. The van der Waals surface area contributed by atoms with E-state index in [4.69, 9.17) is 0 Å². The molecule has 0 aromatic heterocycles. The van der Waals surface area contributed by atoms with E-state index in [1.807, 2.05) is 0 Å². The molecule has 125 heavy (non-hydrogen) atoms. The van der Waals surface area contributed by atoms with Crippen LogP contribution in [0.3, 0.4) is 0 Å². The molecule has 0 unspecified atom stereocenters. The summed E-state index contributed by atoms with van der Waals surface area (Å²) in [4.78, 5) is 0. The molecule has 754 valence electrons. The van der Waals surface area contributed by atoms with Gasteiger partial charge in [0.25, 0.3) is 0 Å². The molecule has 0 N–H and O–H groups in total. The summed E-state index contributed by atoms with van der Waals surface area (Å²) in [5, 5.41) is 0. The maximum Gasteiger partial charge on any atom is 0.100 e. The summed E-state index contributed by atoms with van der Waals surface area (Å²) in [5.41, 5.74) is 0.972. The molecule has 0 radical (unpaired) electrons. The van der Waals surface area contributed by atoms with E-state index in [1.165, 1.54) is 642 Å². The quantitative estimate of drug-likeness (QED) is 0.0421. The van der Waals surface area contributed by atoms with Crippen molar-refractivity contribution in [1.82, 2.24) is 0 Å². The van der Waals surface area contributed by atoms with Crippen molar-refractivity contribution in [3.05, 3.63) is 0 Å². The third kappa shape index (κ3) is 75.3. The topological polar surface area (TPSA) is 0 Å². The van der Waals surface area contributed by atoms with E-state index >= 15 is 0 Å². The smallest absolute Gasteiger partial charge is 0.100 e. The minimum absolute atomic E-state index is 0. The van der Waals surface area contributed by atoms with Crippen LogP contribution in [0, 0.1) is 0 Å². The Labute approximate surface area is 808 Å². The van der Waals surface area contributed by atoms with E-state index in [-0.39, 0.29) is 17.0 Å². The molecule has 0 saturated carbocycles. The summed E-state index contributed by atoms with van der Waals surface area (Å²) in [6, 6.07) is 0. The number of nitrogens with zero attached hydrogens (tertiary/aromatic N) is 1. The maximum atomic E-state index is 2.43. The molecular weight excluding hydrogens is 1570 g/mol. The minimum atomic E-state index is 0. The number of halogens is 1. The van der Waals surface area contributed by atoms with Crippen LogP contribution in [0.5, 0.6) is 0 Å². The van der Waals surface area contributed by atoms with Gasteiger partial charge in [0, 0.05) is 57.8 Å². The molecule has 0 aliphatic rings. The lowest BCUT2D eigenvalue weighted by atomic mass is 9.62. The Morgan fingerprint density at radius 3 is 0.256 bits per heavy atom. The van der Waals surface area contributed by atoms with E-state index in [9.17, 15) is 0 Å². The van der Waals surface area contributed by atoms with Gasteiger partial charge in [0.05, 0.1) is 6.54 Å². The largest absolute Gasteiger partial charge is 1.00 e. The zero-order valence-corrected chi connectivity index (χ0v) is 91.7. The van der Waals surface area contributed by atoms with Gasteiger partial charge in [-0.1, -0.05) is 641 Å². The van der Waals surface area contributed by atoms with Gasteiger partial charge in [-0.2, -0.15) is 0 Å². The zero-order chi connectivity index (χ0) is 89.8. The van der Waals surface area contributed by atoms with E-state index in [0.29, 0.717) is 16.6 Å². The van der Waals surface area contributed by atoms with Gasteiger partial charge in [-0.3, -0.25) is 0 Å². The van der Waals surface area contributed by atoms with Crippen molar-refractivity contribution in [2.45, 2.75) is 786 Å². The molecular formula is C123H250BrN. The molecule has 2 heteroatoms. The second-order valence-corrected chi connectivity index (χ2v) is 43.8. The van der Waals surface area contributed by atoms with Crippen LogP contribution in [0.15, 0.2) is 0 Å². The van der Waals surface area contributed by atoms with Gasteiger partial charge < -0.3 is 21.5 Å². The second kappa shape index (κ2) is 105. The Kier molecular flexibility index (Phi) is 107. The predicted molar refractivity (Wildman–Crippen MR) is 573 cm³/mol. The van der Waals surface area contributed by atoms with Crippen LogP contribution in [0.4, 0.5) is 0 Å². The molecule has 0 heterocycles. The van der Waals surface area contributed by atoms with E-state index in [0.717, 1.165) is 0 Å². The fourth-order valence-corrected chi connectivity index (χ4v) is 24.4. The van der Waals surface area contributed by atoms with Crippen molar-refractivity contribution in [3.63, 3.8) is 0 Å². The van der Waals surface area contributed by atoms with Crippen molar-refractivity contribution in [2.75, 3.05) is 6.54 Å². The first kappa shape index (κ1) is 127. The van der Waals surface area contributed by atoms with Gasteiger partial charge in [0.15, 0.2) is 0 Å². The van der Waals surface area contributed by atoms with E-state index in [1.54, 1.807) is 68.8 Å². The molecule has 1 nitrogen and oxygen atoms in total. The van der Waals surface area contributed by atoms with Crippen molar-refractivity contribution < 1.29 is 21.5 Å². The highest BCUT2D eigenvalue weighted by atomic mass is 79.9. The zero-order valence-electron chi connectivity index (χ0n) is 90.1. The van der Waals surface area contributed by atoms with Gasteiger partial charge in [0.2, 0.25) is 0 Å². The lowest BCUT2D eigenvalue weighted by Gasteiger charge is -2.72. The highest BCUT2D eigenvalue weighted by Gasteiger charge is 2.68. The first-order valence-electron chi connectivity index (χ1n) is 61.2. The van der Waals surface area contributed by atoms with Crippen LogP contribution < -0.4 is 17.0 Å². The Bertz CT molecular complexity index is 1530. The van der Waals surface area contributed by atoms with Crippen LogP contribution in [0.1, 0.15) is 769 Å². The molecule has 0 spiro atoms. The van der Waals surface area contributed by atoms with Gasteiger partial charge in [-0.25, -0.2) is 0 Å². The summed E-state index contributed by atoms with van der Waals surface area (Å²) < 4.78 is 1.66. The van der Waals surface area contributed by atoms with E-state index in [2.05, 4.69) is 69.2 Å². The summed E-state index contributed by atoms with van der Waals surface area (Å²) >= 11 is 0. The van der Waals surface area contributed by atoms with Crippen LogP contribution in [-0.4, -0.2) is 27.6 Å². The SMILES string of the molecule is CCCCCCCCCCCCC(CCCCCCCCCCCC)(CCCCCCCCCCCC)[N+](CCCCCCCCCCCC)(C(CCCCCCCCCCCC)(CCCCCCCCCCCC)CCCCCCCCCCCC)C(CCCCCCCCCCCC)(CCCCCCCCCCCC)CCCCCCCCCCCC.[Br-]. The van der Waals surface area contributed by atoms with Crippen LogP contribution in [-0.2, 0) is 0 Å². The molecule has 0 rings (SSSR count). The summed E-state index contributed by atoms with van der Waals surface area (Å²) in [6.07, 6.45) is 162. The normalized spacial score (nSPS) is 12.3. The number of rotatable bonds is 113. The average molecular weight is 1820 g/mol. The average Bonchev–Trinajstić information content (AvgIpc) is 0.687. The third-order valence-corrected chi connectivity index (χ3v) is 32.2. The molecule has 0 aliphatic heterocycles. The lowest BCUT2D eigenvalue weighted by molar-refractivity contribution is -1.07. The highest BCUT2D eigenvalue weighted by molar-refractivity contribution is 5.01. The maximum absolute atomic E-state index is 2.43. The summed E-state index contributed by atoms with van der Waals surface area (Å²) in [7, 11) is 0. The van der Waals surface area contributed by atoms with E-state index < -0.39 is 0 Å². The Hall–Kier alpha value is 0.440. The minimum Gasteiger partial charge on any atom is -1.00 e. The number of hydrogen-bond donors (Lipinski definition) is 0. The first-order valence-corrected chi connectivity index (χ1v) is 61.2. The number of unbranched alkanes of at least 4 members (excludes halogenated alkanes) is 90. The molecule has 0 aromatic carbocycles. The van der Waals surface area contributed by atoms with Crippen molar-refractivity contribution in [2.24, 2.45) is 0 Å². The fraction of sp³-hybridized carbons (Fsp3) is 1.00. The summed E-state index contributed by atoms with van der Waals surface area (Å²) in [6.45, 7) is 25.8. The number of hydrogen-bond acceptors (Lipinski definition) is 0. The molecule has 0 amide bonds.